The largest absolute Gasteiger partial charge is 0.405 e. The van der Waals surface area contributed by atoms with Crippen LogP contribution >= 0.6 is 0 Å². The molecule has 8 nitrogen and oxygen atoms in total. The first kappa shape index (κ1) is 24.5. The molecule has 0 spiro atoms. The van der Waals surface area contributed by atoms with E-state index in [0.29, 0.717) is 31.0 Å². The van der Waals surface area contributed by atoms with Crippen molar-refractivity contribution in [2.45, 2.75) is 38.3 Å². The number of rotatable bonds is 3. The Morgan fingerprint density at radius 1 is 1.23 bits per heavy atom. The molecule has 0 saturated carbocycles. The van der Waals surface area contributed by atoms with Gasteiger partial charge in [-0.2, -0.15) is 13.2 Å². The molecule has 12 heteroatoms. The molecule has 1 saturated heterocycles. The molecule has 4 heterocycles. The molecule has 1 atom stereocenters. The molecule has 4 rings (SSSR count). The van der Waals surface area contributed by atoms with E-state index in [9.17, 15) is 22.8 Å². The summed E-state index contributed by atoms with van der Waals surface area (Å²) in [5.41, 5.74) is 4.44. The van der Waals surface area contributed by atoms with Gasteiger partial charge in [-0.3, -0.25) is 15.0 Å². The van der Waals surface area contributed by atoms with E-state index in [1.165, 1.54) is 11.0 Å². The maximum Gasteiger partial charge on any atom is 0.405 e. The van der Waals surface area contributed by atoms with Gasteiger partial charge in [-0.05, 0) is 30.7 Å². The average molecular weight is 503 g/mol. The van der Waals surface area contributed by atoms with Gasteiger partial charge in [0.25, 0.3) is 5.91 Å². The number of aromatic nitrogens is 2. The summed E-state index contributed by atoms with van der Waals surface area (Å²) in [6.07, 6.45) is -2.29. The van der Waals surface area contributed by atoms with E-state index in [0.717, 1.165) is 5.56 Å². The van der Waals surface area contributed by atoms with Crippen molar-refractivity contribution in [2.24, 2.45) is 0 Å². The quantitative estimate of drug-likeness (QED) is 0.494. The van der Waals surface area contributed by atoms with Gasteiger partial charge >= 0.3 is 12.2 Å². The Labute approximate surface area is 201 Å². The molecule has 0 aromatic carbocycles. The van der Waals surface area contributed by atoms with Crippen LogP contribution in [0.4, 0.5) is 35.3 Å². The van der Waals surface area contributed by atoms with Crippen LogP contribution in [0.5, 0.6) is 0 Å². The van der Waals surface area contributed by atoms with Crippen LogP contribution < -0.4 is 20.4 Å². The number of nitrogens with zero attached hydrogens (tertiary/aromatic N) is 4. The number of fused-ring (bicyclic) bond motifs is 4. The van der Waals surface area contributed by atoms with E-state index >= 15 is 0 Å². The number of carbonyl (C=O) groups excluding carboxylic acids is 2. The molecule has 1 fully saturated rings. The van der Waals surface area contributed by atoms with Gasteiger partial charge in [0.1, 0.15) is 26.1 Å². The monoisotopic (exact) mass is 502 g/mol. The number of hydrogen-bond acceptors (Lipinski definition) is 5. The highest BCUT2D eigenvalue weighted by molar-refractivity contribution is 6.83. The second-order valence-corrected chi connectivity index (χ2v) is 14.2. The lowest BCUT2D eigenvalue weighted by Crippen LogP contribution is -2.48. The van der Waals surface area contributed by atoms with Gasteiger partial charge in [0.2, 0.25) is 0 Å². The van der Waals surface area contributed by atoms with Crippen molar-refractivity contribution in [1.29, 1.82) is 0 Å². The molecule has 2 aliphatic rings. The predicted molar refractivity (Wildman–Crippen MR) is 129 cm³/mol. The van der Waals surface area contributed by atoms with Crippen LogP contribution in [0, 0.1) is 11.5 Å². The smallest absolute Gasteiger partial charge is 0.366 e. The van der Waals surface area contributed by atoms with Crippen LogP contribution in [0.15, 0.2) is 30.5 Å². The predicted octanol–water partition coefficient (Wildman–Crippen LogP) is 3.63. The summed E-state index contributed by atoms with van der Waals surface area (Å²) in [5, 5.41) is 4.60. The van der Waals surface area contributed by atoms with Crippen molar-refractivity contribution in [3.05, 3.63) is 41.7 Å². The van der Waals surface area contributed by atoms with Crippen molar-refractivity contribution in [3.8, 4) is 11.5 Å². The highest BCUT2D eigenvalue weighted by atomic mass is 28.3. The van der Waals surface area contributed by atoms with E-state index in [4.69, 9.17) is 0 Å². The van der Waals surface area contributed by atoms with Gasteiger partial charge in [-0.1, -0.05) is 25.6 Å². The third-order valence-corrected chi connectivity index (χ3v) is 6.30. The lowest BCUT2D eigenvalue weighted by molar-refractivity contribution is -0.123. The fourth-order valence-corrected chi connectivity index (χ4v) is 4.39. The fraction of sp³-hybridized carbons (Fsp3) is 0.391. The SMILES string of the molecule is C[Si](C)(C)C#Cc1ccnc(NC(=O)N2c3nc(C(=O)NCC(F)(F)F)ccc3N3CC[C@H]2C3)c1. The minimum absolute atomic E-state index is 0.196. The number of urea groups is 1. The first-order valence-electron chi connectivity index (χ1n) is 11.1. The first-order valence-corrected chi connectivity index (χ1v) is 14.6. The van der Waals surface area contributed by atoms with Crippen molar-refractivity contribution >= 4 is 37.3 Å². The Hall–Kier alpha value is -3.59. The van der Waals surface area contributed by atoms with Crippen molar-refractivity contribution in [2.75, 3.05) is 34.8 Å². The number of halogens is 3. The second-order valence-electron chi connectivity index (χ2n) is 9.46. The van der Waals surface area contributed by atoms with E-state index in [2.05, 4.69) is 46.4 Å². The molecular weight excluding hydrogens is 477 g/mol. The normalized spacial score (nSPS) is 16.8. The van der Waals surface area contributed by atoms with Gasteiger partial charge in [-0.25, -0.2) is 14.8 Å². The van der Waals surface area contributed by atoms with E-state index < -0.39 is 32.7 Å². The number of anilines is 3. The third-order valence-electron chi connectivity index (χ3n) is 5.43. The first-order chi connectivity index (χ1) is 16.4. The maximum absolute atomic E-state index is 13.3. The van der Waals surface area contributed by atoms with Gasteiger partial charge in [0, 0.05) is 24.8 Å². The maximum atomic E-state index is 13.3. The summed E-state index contributed by atoms with van der Waals surface area (Å²) >= 11 is 0. The summed E-state index contributed by atoms with van der Waals surface area (Å²) in [6, 6.07) is 5.74. The summed E-state index contributed by atoms with van der Waals surface area (Å²) < 4.78 is 37.5. The van der Waals surface area contributed by atoms with Crippen molar-refractivity contribution in [3.63, 3.8) is 0 Å². The minimum Gasteiger partial charge on any atom is -0.366 e. The van der Waals surface area contributed by atoms with Gasteiger partial charge in [0.05, 0.1) is 11.7 Å². The molecule has 0 radical (unpaired) electrons. The summed E-state index contributed by atoms with van der Waals surface area (Å²) in [6.45, 7) is 6.22. The Balaban J connectivity index is 1.58. The molecule has 2 aliphatic heterocycles. The van der Waals surface area contributed by atoms with Crippen LogP contribution in [0.25, 0.3) is 0 Å². The zero-order chi connectivity index (χ0) is 25.4. The Morgan fingerprint density at radius 3 is 2.71 bits per heavy atom. The Morgan fingerprint density at radius 2 is 2.00 bits per heavy atom. The Bertz CT molecular complexity index is 1220. The average Bonchev–Trinajstić information content (AvgIpc) is 3.19. The molecule has 35 heavy (non-hydrogen) atoms. The van der Waals surface area contributed by atoms with Crippen LogP contribution in [-0.4, -0.2) is 61.8 Å². The molecule has 0 aliphatic carbocycles. The van der Waals surface area contributed by atoms with Gasteiger partial charge < -0.3 is 10.2 Å². The molecule has 2 aromatic rings. The molecule has 2 aromatic heterocycles. The van der Waals surface area contributed by atoms with Gasteiger partial charge in [0.15, 0.2) is 5.82 Å². The standard InChI is InChI=1S/C23H25F3N6O2Si/c1-35(2,3)11-8-15-6-9-27-19(12-15)30-22(34)32-16-7-10-31(13-16)18-5-4-17(29-20(18)32)21(33)28-14-23(24,25)26/h4-6,9,12,16H,7,10,13-14H2,1-3H3,(H,28,33)(H,27,30,34)/t16-/m0/s1. The number of pyridine rings is 2. The molecular formula is C23H25F3N6O2Si. The van der Waals surface area contributed by atoms with E-state index in [1.54, 1.807) is 24.4 Å². The molecule has 0 unspecified atom stereocenters. The topological polar surface area (TPSA) is 90.5 Å². The fourth-order valence-electron chi connectivity index (χ4n) is 3.88. The molecule has 2 N–H and O–H groups in total. The number of carbonyl (C=O) groups is 2. The van der Waals surface area contributed by atoms with Crippen molar-refractivity contribution in [1.82, 2.24) is 15.3 Å². The zero-order valence-corrected chi connectivity index (χ0v) is 20.5. The second kappa shape index (κ2) is 9.22. The van der Waals surface area contributed by atoms with Crippen LogP contribution in [-0.2, 0) is 0 Å². The highest BCUT2D eigenvalue weighted by Crippen LogP contribution is 2.39. The number of hydrogen-bond donors (Lipinski definition) is 2. The van der Waals surface area contributed by atoms with Crippen LogP contribution in [0.1, 0.15) is 22.5 Å². The van der Waals surface area contributed by atoms with Crippen LogP contribution in [0.2, 0.25) is 19.6 Å². The Kier molecular flexibility index (Phi) is 6.46. The lowest BCUT2D eigenvalue weighted by atomic mass is 10.1. The van der Waals surface area contributed by atoms with E-state index in [-0.39, 0.29) is 17.6 Å². The summed E-state index contributed by atoms with van der Waals surface area (Å²) in [4.78, 5) is 37.6. The summed E-state index contributed by atoms with van der Waals surface area (Å²) in [5.74, 6) is 2.71. The van der Waals surface area contributed by atoms with Crippen LogP contribution in [0.3, 0.4) is 0 Å². The number of nitrogens with one attached hydrogen (secondary N) is 2. The zero-order valence-electron chi connectivity index (χ0n) is 19.5. The van der Waals surface area contributed by atoms with Crippen molar-refractivity contribution < 1.29 is 22.8 Å². The minimum atomic E-state index is -4.54. The number of alkyl halides is 3. The summed E-state index contributed by atoms with van der Waals surface area (Å²) in [7, 11) is -1.58. The molecule has 184 valence electrons. The molecule has 3 amide bonds. The highest BCUT2D eigenvalue weighted by Gasteiger charge is 2.40. The number of amides is 3. The third kappa shape index (κ3) is 5.91. The van der Waals surface area contributed by atoms with E-state index in [1.807, 2.05) is 10.2 Å². The molecule has 2 bridgehead atoms. The lowest BCUT2D eigenvalue weighted by Gasteiger charge is -2.35. The van der Waals surface area contributed by atoms with Gasteiger partial charge in [-0.15, -0.1) is 5.54 Å².